The van der Waals surface area contributed by atoms with Gasteiger partial charge in [0, 0.05) is 16.0 Å². The highest BCUT2D eigenvalue weighted by molar-refractivity contribution is 8.00. The Morgan fingerprint density at radius 1 is 1.33 bits per heavy atom. The zero-order chi connectivity index (χ0) is 13.0. The zero-order valence-electron chi connectivity index (χ0n) is 10.5. The average molecular weight is 284 g/mol. The second kappa shape index (κ2) is 6.48. The van der Waals surface area contributed by atoms with Crippen LogP contribution in [0.4, 0.5) is 0 Å². The third kappa shape index (κ3) is 3.92. The number of hydrogen-bond donors (Lipinski definition) is 1. The molecule has 4 heteroatoms. The van der Waals surface area contributed by atoms with Crippen molar-refractivity contribution in [2.75, 3.05) is 0 Å². The number of thioether (sulfide) groups is 1. The van der Waals surface area contributed by atoms with Crippen molar-refractivity contribution in [1.82, 2.24) is 5.32 Å². The van der Waals surface area contributed by atoms with Crippen LogP contribution in [0.15, 0.2) is 29.2 Å². The summed E-state index contributed by atoms with van der Waals surface area (Å²) in [6, 6.07) is 8.00. The van der Waals surface area contributed by atoms with E-state index in [1.54, 1.807) is 11.8 Å². The standard InChI is InChI=1S/C14H18ClNOS/c1-10(14(17)16-12-4-2-3-5-12)18-13-8-6-11(15)7-9-13/h6-10,12H,2-5H2,1H3,(H,16,17). The van der Waals surface area contributed by atoms with E-state index in [0.717, 1.165) is 22.8 Å². The van der Waals surface area contributed by atoms with Crippen LogP contribution in [0, 0.1) is 0 Å². The minimum absolute atomic E-state index is 0.0632. The molecule has 0 radical (unpaired) electrons. The maximum absolute atomic E-state index is 12.0. The third-order valence-corrected chi connectivity index (χ3v) is 4.56. The van der Waals surface area contributed by atoms with Crippen LogP contribution in [0.25, 0.3) is 0 Å². The minimum Gasteiger partial charge on any atom is -0.352 e. The summed E-state index contributed by atoms with van der Waals surface area (Å²) in [5.74, 6) is 0.141. The van der Waals surface area contributed by atoms with Crippen LogP contribution in [0.5, 0.6) is 0 Å². The molecule has 1 fully saturated rings. The average Bonchev–Trinajstić information content (AvgIpc) is 2.85. The molecule has 0 aromatic heterocycles. The van der Waals surface area contributed by atoms with E-state index in [4.69, 9.17) is 11.6 Å². The number of carbonyl (C=O) groups excluding carboxylic acids is 1. The molecular weight excluding hydrogens is 266 g/mol. The Bertz CT molecular complexity index is 401. The summed E-state index contributed by atoms with van der Waals surface area (Å²) < 4.78 is 0. The molecule has 2 nitrogen and oxygen atoms in total. The molecule has 0 heterocycles. The van der Waals surface area contributed by atoms with E-state index in [1.165, 1.54) is 12.8 Å². The first-order valence-electron chi connectivity index (χ1n) is 6.38. The van der Waals surface area contributed by atoms with E-state index in [0.29, 0.717) is 6.04 Å². The molecule has 1 N–H and O–H groups in total. The topological polar surface area (TPSA) is 29.1 Å². The van der Waals surface area contributed by atoms with Gasteiger partial charge in [0.15, 0.2) is 0 Å². The normalized spacial score (nSPS) is 17.7. The van der Waals surface area contributed by atoms with E-state index in [9.17, 15) is 4.79 Å². The fraction of sp³-hybridized carbons (Fsp3) is 0.500. The van der Waals surface area contributed by atoms with Crippen LogP contribution in [0.2, 0.25) is 5.02 Å². The van der Waals surface area contributed by atoms with Gasteiger partial charge in [-0.15, -0.1) is 11.8 Å². The molecule has 1 aliphatic rings. The molecule has 1 aromatic carbocycles. The van der Waals surface area contributed by atoms with Gasteiger partial charge in [0.25, 0.3) is 0 Å². The number of rotatable bonds is 4. The van der Waals surface area contributed by atoms with Crippen LogP contribution >= 0.6 is 23.4 Å². The van der Waals surface area contributed by atoms with E-state index < -0.39 is 0 Å². The van der Waals surface area contributed by atoms with Crippen molar-refractivity contribution >= 4 is 29.3 Å². The molecule has 1 unspecified atom stereocenters. The predicted octanol–water partition coefficient (Wildman–Crippen LogP) is 3.88. The van der Waals surface area contributed by atoms with E-state index in [-0.39, 0.29) is 11.2 Å². The first-order valence-corrected chi connectivity index (χ1v) is 7.63. The van der Waals surface area contributed by atoms with Crippen molar-refractivity contribution in [3.05, 3.63) is 29.3 Å². The van der Waals surface area contributed by atoms with Crippen LogP contribution in [-0.2, 0) is 4.79 Å². The van der Waals surface area contributed by atoms with Crippen LogP contribution in [0.3, 0.4) is 0 Å². The van der Waals surface area contributed by atoms with Crippen LogP contribution in [-0.4, -0.2) is 17.2 Å². The summed E-state index contributed by atoms with van der Waals surface area (Å²) in [7, 11) is 0. The monoisotopic (exact) mass is 283 g/mol. The Balaban J connectivity index is 1.84. The van der Waals surface area contributed by atoms with E-state index >= 15 is 0 Å². The van der Waals surface area contributed by atoms with Gasteiger partial charge in [-0.1, -0.05) is 24.4 Å². The fourth-order valence-corrected chi connectivity index (χ4v) is 3.16. The van der Waals surface area contributed by atoms with Crippen molar-refractivity contribution in [3.63, 3.8) is 0 Å². The summed E-state index contributed by atoms with van der Waals surface area (Å²) in [6.07, 6.45) is 4.74. The lowest BCUT2D eigenvalue weighted by molar-refractivity contribution is -0.120. The highest BCUT2D eigenvalue weighted by atomic mass is 35.5. The molecule has 1 saturated carbocycles. The van der Waals surface area contributed by atoms with Gasteiger partial charge >= 0.3 is 0 Å². The lowest BCUT2D eigenvalue weighted by Crippen LogP contribution is -2.37. The van der Waals surface area contributed by atoms with Gasteiger partial charge in [0.1, 0.15) is 0 Å². The number of hydrogen-bond acceptors (Lipinski definition) is 2. The van der Waals surface area contributed by atoms with Gasteiger partial charge < -0.3 is 5.32 Å². The lowest BCUT2D eigenvalue weighted by Gasteiger charge is -2.16. The summed E-state index contributed by atoms with van der Waals surface area (Å²) in [4.78, 5) is 13.1. The largest absolute Gasteiger partial charge is 0.352 e. The van der Waals surface area contributed by atoms with E-state index in [2.05, 4.69) is 5.32 Å². The smallest absolute Gasteiger partial charge is 0.233 e. The first-order chi connectivity index (χ1) is 8.65. The molecule has 1 amide bonds. The molecule has 98 valence electrons. The molecular formula is C14H18ClNOS. The van der Waals surface area contributed by atoms with Crippen molar-refractivity contribution in [2.24, 2.45) is 0 Å². The Labute approximate surface area is 117 Å². The summed E-state index contributed by atoms with van der Waals surface area (Å²) in [5.41, 5.74) is 0. The SMILES string of the molecule is CC(Sc1ccc(Cl)cc1)C(=O)NC1CCCC1. The molecule has 0 spiro atoms. The van der Waals surface area contributed by atoms with E-state index in [1.807, 2.05) is 31.2 Å². The molecule has 1 aliphatic carbocycles. The number of halogens is 1. The lowest BCUT2D eigenvalue weighted by atomic mass is 10.2. The molecule has 0 saturated heterocycles. The zero-order valence-corrected chi connectivity index (χ0v) is 12.1. The number of amides is 1. The Hall–Kier alpha value is -0.670. The molecule has 0 bridgehead atoms. The second-order valence-electron chi connectivity index (χ2n) is 4.70. The van der Waals surface area contributed by atoms with Gasteiger partial charge in [-0.05, 0) is 44.0 Å². The first kappa shape index (κ1) is 13.8. The van der Waals surface area contributed by atoms with Crippen molar-refractivity contribution < 1.29 is 4.79 Å². The quantitative estimate of drug-likeness (QED) is 0.850. The van der Waals surface area contributed by atoms with Crippen molar-refractivity contribution in [1.29, 1.82) is 0 Å². The maximum Gasteiger partial charge on any atom is 0.233 e. The Morgan fingerprint density at radius 2 is 1.94 bits per heavy atom. The Kier molecular flexibility index (Phi) is 4.95. The molecule has 1 aromatic rings. The van der Waals surface area contributed by atoms with Gasteiger partial charge in [-0.25, -0.2) is 0 Å². The molecule has 0 aliphatic heterocycles. The highest BCUT2D eigenvalue weighted by Gasteiger charge is 2.21. The number of carbonyl (C=O) groups is 1. The summed E-state index contributed by atoms with van der Waals surface area (Å²) >= 11 is 7.41. The van der Waals surface area contributed by atoms with Gasteiger partial charge in [-0.3, -0.25) is 4.79 Å². The molecule has 1 atom stereocenters. The van der Waals surface area contributed by atoms with Crippen LogP contribution in [0.1, 0.15) is 32.6 Å². The molecule has 2 rings (SSSR count). The highest BCUT2D eigenvalue weighted by Crippen LogP contribution is 2.25. The van der Waals surface area contributed by atoms with Crippen LogP contribution < -0.4 is 5.32 Å². The van der Waals surface area contributed by atoms with Gasteiger partial charge in [-0.2, -0.15) is 0 Å². The maximum atomic E-state index is 12.0. The minimum atomic E-state index is -0.0632. The predicted molar refractivity (Wildman–Crippen MR) is 77.2 cm³/mol. The fourth-order valence-electron chi connectivity index (χ4n) is 2.16. The third-order valence-electron chi connectivity index (χ3n) is 3.20. The summed E-state index contributed by atoms with van der Waals surface area (Å²) in [6.45, 7) is 1.95. The van der Waals surface area contributed by atoms with Gasteiger partial charge in [0.2, 0.25) is 5.91 Å². The second-order valence-corrected chi connectivity index (χ2v) is 6.55. The van der Waals surface area contributed by atoms with Crippen molar-refractivity contribution in [3.8, 4) is 0 Å². The Morgan fingerprint density at radius 3 is 2.56 bits per heavy atom. The number of nitrogens with one attached hydrogen (secondary N) is 1. The summed E-state index contributed by atoms with van der Waals surface area (Å²) in [5, 5.41) is 3.79. The number of benzene rings is 1. The van der Waals surface area contributed by atoms with Crippen molar-refractivity contribution in [2.45, 2.75) is 48.8 Å². The molecule has 18 heavy (non-hydrogen) atoms. The van der Waals surface area contributed by atoms with Gasteiger partial charge in [0.05, 0.1) is 5.25 Å².